The van der Waals surface area contributed by atoms with Crippen molar-refractivity contribution in [2.24, 2.45) is 5.41 Å². The van der Waals surface area contributed by atoms with E-state index in [2.05, 4.69) is 15.3 Å². The molecule has 0 bridgehead atoms. The Balaban J connectivity index is 1.55. The third kappa shape index (κ3) is 3.26. The Morgan fingerprint density at radius 2 is 1.91 bits per heavy atom. The minimum Gasteiger partial charge on any atom is -0.454 e. The van der Waals surface area contributed by atoms with Crippen molar-refractivity contribution in [2.75, 3.05) is 25.0 Å². The van der Waals surface area contributed by atoms with Gasteiger partial charge in [-0.1, -0.05) is 18.2 Å². The lowest BCUT2D eigenvalue weighted by Crippen LogP contribution is -2.62. The summed E-state index contributed by atoms with van der Waals surface area (Å²) in [5.74, 6) is 1.99. The zero-order valence-corrected chi connectivity index (χ0v) is 13.3. The molecule has 2 aromatic rings. The van der Waals surface area contributed by atoms with Gasteiger partial charge in [-0.2, -0.15) is 0 Å². The molecule has 1 aromatic carbocycles. The minimum absolute atomic E-state index is 0.177. The fourth-order valence-electron chi connectivity index (χ4n) is 2.60. The third-order valence-corrected chi connectivity index (χ3v) is 3.97. The molecule has 23 heavy (non-hydrogen) atoms. The van der Waals surface area contributed by atoms with Crippen LogP contribution in [0.4, 0.5) is 5.95 Å². The van der Waals surface area contributed by atoms with Crippen molar-refractivity contribution in [1.82, 2.24) is 14.9 Å². The lowest BCUT2D eigenvalue weighted by atomic mass is 9.81. The molecule has 1 saturated heterocycles. The van der Waals surface area contributed by atoms with Crippen LogP contribution in [0.15, 0.2) is 42.7 Å². The molecule has 1 N–H and O–H groups in total. The molecule has 1 atom stereocenters. The van der Waals surface area contributed by atoms with E-state index in [0.717, 1.165) is 18.8 Å². The van der Waals surface area contributed by atoms with Gasteiger partial charge in [-0.3, -0.25) is 4.79 Å². The molecule has 3 rings (SSSR count). The van der Waals surface area contributed by atoms with Gasteiger partial charge in [0.1, 0.15) is 5.75 Å². The summed E-state index contributed by atoms with van der Waals surface area (Å²) >= 11 is 0. The highest BCUT2D eigenvalue weighted by atomic mass is 16.5. The number of carbonyl (C=O) groups is 1. The molecule has 0 spiro atoms. The molecule has 0 saturated carbocycles. The van der Waals surface area contributed by atoms with Crippen LogP contribution in [-0.4, -0.2) is 40.4 Å². The van der Waals surface area contributed by atoms with E-state index in [9.17, 15) is 4.79 Å². The number of nitrogens with zero attached hydrogens (tertiary/aromatic N) is 3. The molecule has 1 aliphatic rings. The van der Waals surface area contributed by atoms with E-state index in [4.69, 9.17) is 4.74 Å². The highest BCUT2D eigenvalue weighted by Crippen LogP contribution is 2.31. The topological polar surface area (TPSA) is 67.3 Å². The van der Waals surface area contributed by atoms with Crippen molar-refractivity contribution in [2.45, 2.75) is 13.8 Å². The van der Waals surface area contributed by atoms with E-state index in [1.54, 1.807) is 12.4 Å². The van der Waals surface area contributed by atoms with Gasteiger partial charge >= 0.3 is 0 Å². The van der Waals surface area contributed by atoms with E-state index in [-0.39, 0.29) is 11.3 Å². The van der Waals surface area contributed by atoms with Crippen molar-refractivity contribution in [3.63, 3.8) is 0 Å². The van der Waals surface area contributed by atoms with E-state index >= 15 is 0 Å². The van der Waals surface area contributed by atoms with Crippen LogP contribution < -0.4 is 10.1 Å². The molecule has 120 valence electrons. The van der Waals surface area contributed by atoms with Gasteiger partial charge in [0.2, 0.25) is 11.9 Å². The van der Waals surface area contributed by atoms with Gasteiger partial charge in [0, 0.05) is 19.6 Å². The summed E-state index contributed by atoms with van der Waals surface area (Å²) in [5, 5.41) is 3.13. The highest BCUT2D eigenvalue weighted by molar-refractivity contribution is 5.88. The number of hydrogen-bond acceptors (Lipinski definition) is 5. The predicted octanol–water partition coefficient (Wildman–Crippen LogP) is 2.55. The zero-order valence-electron chi connectivity index (χ0n) is 13.3. The second-order valence-corrected chi connectivity index (χ2v) is 5.89. The van der Waals surface area contributed by atoms with Gasteiger partial charge in [-0.25, -0.2) is 9.97 Å². The Kier molecular flexibility index (Phi) is 4.14. The van der Waals surface area contributed by atoms with Crippen LogP contribution in [0, 0.1) is 5.41 Å². The number of rotatable bonds is 6. The van der Waals surface area contributed by atoms with Crippen LogP contribution in [0.2, 0.25) is 0 Å². The van der Waals surface area contributed by atoms with E-state index in [0.29, 0.717) is 18.2 Å². The van der Waals surface area contributed by atoms with Gasteiger partial charge in [0.25, 0.3) is 0 Å². The number of para-hydroxylation sites is 1. The molecule has 0 aliphatic carbocycles. The lowest BCUT2D eigenvalue weighted by Gasteiger charge is -2.46. The molecule has 1 aliphatic heterocycles. The average Bonchev–Trinajstić information content (AvgIpc) is 2.59. The van der Waals surface area contributed by atoms with Crippen molar-refractivity contribution in [3.8, 4) is 11.5 Å². The number of nitrogens with one attached hydrogen (secondary N) is 1. The van der Waals surface area contributed by atoms with Crippen molar-refractivity contribution >= 4 is 11.9 Å². The number of hydrogen-bond donors (Lipinski definition) is 1. The Labute approximate surface area is 135 Å². The van der Waals surface area contributed by atoms with Gasteiger partial charge in [-0.15, -0.1) is 0 Å². The Hall–Kier alpha value is -2.63. The first-order chi connectivity index (χ1) is 11.1. The molecule has 2 heterocycles. The number of anilines is 1. The van der Waals surface area contributed by atoms with Crippen molar-refractivity contribution < 1.29 is 9.53 Å². The summed E-state index contributed by atoms with van der Waals surface area (Å²) in [6, 6.07) is 9.48. The molecule has 1 unspecified atom stereocenters. The minimum atomic E-state index is -0.363. The second-order valence-electron chi connectivity index (χ2n) is 5.89. The molecule has 6 heteroatoms. The molecular weight excluding hydrogens is 292 g/mol. The molecule has 0 radical (unpaired) electrons. The SMILES string of the molecule is CCN1CC(C)(CNc2ncc(Oc3ccccc3)cn2)C1=O. The summed E-state index contributed by atoms with van der Waals surface area (Å²) < 4.78 is 5.64. The average molecular weight is 312 g/mol. The smallest absolute Gasteiger partial charge is 0.232 e. The van der Waals surface area contributed by atoms with Gasteiger partial charge in [-0.05, 0) is 26.0 Å². The monoisotopic (exact) mass is 312 g/mol. The first-order valence-electron chi connectivity index (χ1n) is 7.69. The number of carbonyl (C=O) groups excluding carboxylic acids is 1. The van der Waals surface area contributed by atoms with Gasteiger partial charge in [0.05, 0.1) is 17.8 Å². The van der Waals surface area contributed by atoms with Crippen LogP contribution in [0.3, 0.4) is 0 Å². The summed E-state index contributed by atoms with van der Waals surface area (Å²) in [6.45, 7) is 6.00. The normalized spacial score (nSPS) is 20.1. The van der Waals surface area contributed by atoms with Gasteiger partial charge in [0.15, 0.2) is 5.75 Å². The predicted molar refractivity (Wildman–Crippen MR) is 87.4 cm³/mol. The maximum atomic E-state index is 12.0. The standard InChI is InChI=1S/C17H20N4O2/c1-3-21-12-17(2,15(21)22)11-20-16-18-9-14(10-19-16)23-13-7-5-4-6-8-13/h4-10H,3,11-12H2,1-2H3,(H,18,19,20). The fourth-order valence-corrected chi connectivity index (χ4v) is 2.60. The van der Waals surface area contributed by atoms with Crippen LogP contribution >= 0.6 is 0 Å². The first-order valence-corrected chi connectivity index (χ1v) is 7.69. The third-order valence-electron chi connectivity index (χ3n) is 3.97. The van der Waals surface area contributed by atoms with E-state index < -0.39 is 0 Å². The van der Waals surface area contributed by atoms with Crippen LogP contribution in [0.25, 0.3) is 0 Å². The molecule has 1 amide bonds. The molecule has 6 nitrogen and oxygen atoms in total. The number of likely N-dealkylation sites (tertiary alicyclic amines) is 1. The lowest BCUT2D eigenvalue weighted by molar-refractivity contribution is -0.156. The summed E-state index contributed by atoms with van der Waals surface area (Å²) in [4.78, 5) is 22.3. The maximum Gasteiger partial charge on any atom is 0.232 e. The summed E-state index contributed by atoms with van der Waals surface area (Å²) in [5.41, 5.74) is -0.363. The quantitative estimate of drug-likeness (QED) is 0.830. The van der Waals surface area contributed by atoms with Crippen LogP contribution in [-0.2, 0) is 4.79 Å². The number of amides is 1. The Morgan fingerprint density at radius 3 is 2.52 bits per heavy atom. The van der Waals surface area contributed by atoms with Gasteiger partial charge < -0.3 is 15.0 Å². The summed E-state index contributed by atoms with van der Waals surface area (Å²) in [6.07, 6.45) is 3.23. The number of β-lactam (4-membered cyclic amide) rings is 1. The van der Waals surface area contributed by atoms with Crippen molar-refractivity contribution in [3.05, 3.63) is 42.7 Å². The summed E-state index contributed by atoms with van der Waals surface area (Å²) in [7, 11) is 0. The molecular formula is C17H20N4O2. The van der Waals surface area contributed by atoms with E-state index in [1.807, 2.05) is 49.1 Å². The molecule has 1 fully saturated rings. The maximum absolute atomic E-state index is 12.0. The Morgan fingerprint density at radius 1 is 1.22 bits per heavy atom. The Bertz CT molecular complexity index is 675. The zero-order chi connectivity index (χ0) is 16.3. The van der Waals surface area contributed by atoms with Crippen LogP contribution in [0.1, 0.15) is 13.8 Å². The van der Waals surface area contributed by atoms with E-state index in [1.165, 1.54) is 0 Å². The van der Waals surface area contributed by atoms with Crippen molar-refractivity contribution in [1.29, 1.82) is 0 Å². The highest BCUT2D eigenvalue weighted by Gasteiger charge is 2.47. The second kappa shape index (κ2) is 6.24. The van der Waals surface area contributed by atoms with Crippen LogP contribution in [0.5, 0.6) is 11.5 Å². The number of aromatic nitrogens is 2. The first kappa shape index (κ1) is 15.3. The number of ether oxygens (including phenoxy) is 1. The largest absolute Gasteiger partial charge is 0.454 e. The molecule has 1 aromatic heterocycles. The number of benzene rings is 1. The fraction of sp³-hybridized carbons (Fsp3) is 0.353.